The van der Waals surface area contributed by atoms with Crippen LogP contribution in [0.15, 0.2) is 24.4 Å². The summed E-state index contributed by atoms with van der Waals surface area (Å²) in [6.45, 7) is 4.43. The van der Waals surface area contributed by atoms with E-state index in [0.29, 0.717) is 74.3 Å². The lowest BCUT2D eigenvalue weighted by Gasteiger charge is -2.29. The molecule has 3 aromatic rings. The van der Waals surface area contributed by atoms with E-state index >= 15 is 0 Å². The third-order valence-corrected chi connectivity index (χ3v) is 6.44. The Labute approximate surface area is 202 Å². The van der Waals surface area contributed by atoms with E-state index in [0.717, 1.165) is 42.9 Å². The molecule has 35 heavy (non-hydrogen) atoms. The average molecular weight is 481 g/mol. The maximum atomic E-state index is 13.2. The van der Waals surface area contributed by atoms with Gasteiger partial charge in [0.25, 0.3) is 5.91 Å². The SMILES string of the molecule is O=C(c1ccc(Nc2nc(NC3CCOCC3)c3cc[nH]c3n2)c2c1OCCO2)N1CCOCC1. The highest BCUT2D eigenvalue weighted by Gasteiger charge is 2.28. The quantitative estimate of drug-likeness (QED) is 0.505. The van der Waals surface area contributed by atoms with Crippen LogP contribution in [0.1, 0.15) is 23.2 Å². The highest BCUT2D eigenvalue weighted by Crippen LogP contribution is 2.42. The molecule has 2 fully saturated rings. The number of hydrogen-bond donors (Lipinski definition) is 3. The normalized spacial score (nSPS) is 18.5. The molecule has 3 N–H and O–H groups in total. The number of hydrogen-bond acceptors (Lipinski definition) is 9. The number of nitrogens with one attached hydrogen (secondary N) is 3. The first-order valence-corrected chi connectivity index (χ1v) is 12.0. The van der Waals surface area contributed by atoms with Gasteiger partial charge in [-0.25, -0.2) is 0 Å². The molecule has 1 amide bonds. The molecule has 184 valence electrons. The number of aromatic amines is 1. The Morgan fingerprint density at radius 3 is 2.54 bits per heavy atom. The van der Waals surface area contributed by atoms with E-state index in [1.807, 2.05) is 18.3 Å². The Bertz CT molecular complexity index is 1220. The predicted molar refractivity (Wildman–Crippen MR) is 129 cm³/mol. The minimum absolute atomic E-state index is 0.0893. The highest BCUT2D eigenvalue weighted by atomic mass is 16.6. The molecule has 0 radical (unpaired) electrons. The number of aromatic nitrogens is 3. The van der Waals surface area contributed by atoms with Crippen LogP contribution in [0.3, 0.4) is 0 Å². The van der Waals surface area contributed by atoms with Gasteiger partial charge in [-0.15, -0.1) is 0 Å². The van der Waals surface area contributed by atoms with Crippen molar-refractivity contribution < 1.29 is 23.7 Å². The van der Waals surface area contributed by atoms with Crippen LogP contribution < -0.4 is 20.1 Å². The molecule has 3 aliphatic heterocycles. The van der Waals surface area contributed by atoms with Crippen LogP contribution in [-0.2, 0) is 9.47 Å². The number of anilines is 3. The number of amides is 1. The summed E-state index contributed by atoms with van der Waals surface area (Å²) >= 11 is 0. The van der Waals surface area contributed by atoms with Gasteiger partial charge in [-0.2, -0.15) is 9.97 Å². The van der Waals surface area contributed by atoms with Crippen molar-refractivity contribution >= 4 is 34.4 Å². The van der Waals surface area contributed by atoms with E-state index in [1.165, 1.54) is 0 Å². The number of nitrogens with zero attached hydrogens (tertiary/aromatic N) is 3. The Morgan fingerprint density at radius 1 is 0.943 bits per heavy atom. The molecule has 11 nitrogen and oxygen atoms in total. The fourth-order valence-corrected chi connectivity index (χ4v) is 4.60. The smallest absolute Gasteiger partial charge is 0.257 e. The summed E-state index contributed by atoms with van der Waals surface area (Å²) in [5.74, 6) is 2.02. The van der Waals surface area contributed by atoms with Crippen LogP contribution in [0.25, 0.3) is 11.0 Å². The second-order valence-corrected chi connectivity index (χ2v) is 8.71. The number of fused-ring (bicyclic) bond motifs is 2. The minimum Gasteiger partial charge on any atom is -0.485 e. The number of morpholine rings is 1. The number of H-pyrrole nitrogens is 1. The molecule has 0 bridgehead atoms. The summed E-state index contributed by atoms with van der Waals surface area (Å²) in [5.41, 5.74) is 1.85. The van der Waals surface area contributed by atoms with E-state index in [2.05, 4.69) is 20.6 Å². The van der Waals surface area contributed by atoms with Crippen LogP contribution in [0.5, 0.6) is 11.5 Å². The summed E-state index contributed by atoms with van der Waals surface area (Å²) in [6.07, 6.45) is 3.70. The molecular weight excluding hydrogens is 452 g/mol. The number of carbonyl (C=O) groups excluding carboxylic acids is 1. The second-order valence-electron chi connectivity index (χ2n) is 8.71. The van der Waals surface area contributed by atoms with Gasteiger partial charge in [0.1, 0.15) is 24.7 Å². The van der Waals surface area contributed by atoms with Crippen LogP contribution in [-0.4, -0.2) is 84.5 Å². The van der Waals surface area contributed by atoms with E-state index in [1.54, 1.807) is 11.0 Å². The van der Waals surface area contributed by atoms with Crippen molar-refractivity contribution in [3.05, 3.63) is 30.0 Å². The molecule has 0 spiro atoms. The maximum absolute atomic E-state index is 13.2. The predicted octanol–water partition coefficient (Wildman–Crippen LogP) is 2.54. The van der Waals surface area contributed by atoms with Gasteiger partial charge in [-0.1, -0.05) is 0 Å². The zero-order valence-electron chi connectivity index (χ0n) is 19.3. The lowest BCUT2D eigenvalue weighted by Crippen LogP contribution is -2.41. The van der Waals surface area contributed by atoms with E-state index < -0.39 is 0 Å². The van der Waals surface area contributed by atoms with Crippen molar-refractivity contribution in [3.8, 4) is 11.5 Å². The van der Waals surface area contributed by atoms with Gasteiger partial charge in [-0.05, 0) is 31.0 Å². The number of ether oxygens (including phenoxy) is 4. The average Bonchev–Trinajstić information content (AvgIpc) is 3.39. The van der Waals surface area contributed by atoms with E-state index in [-0.39, 0.29) is 5.91 Å². The van der Waals surface area contributed by atoms with E-state index in [4.69, 9.17) is 23.9 Å². The molecule has 2 aromatic heterocycles. The monoisotopic (exact) mass is 480 g/mol. The number of carbonyl (C=O) groups is 1. The molecule has 1 aromatic carbocycles. The number of benzene rings is 1. The molecule has 11 heteroatoms. The molecule has 0 unspecified atom stereocenters. The van der Waals surface area contributed by atoms with E-state index in [9.17, 15) is 4.79 Å². The summed E-state index contributed by atoms with van der Waals surface area (Å²) < 4.78 is 22.7. The van der Waals surface area contributed by atoms with Gasteiger partial charge in [0, 0.05) is 38.5 Å². The summed E-state index contributed by atoms with van der Waals surface area (Å²) in [5, 5.41) is 7.76. The first-order chi connectivity index (χ1) is 17.3. The van der Waals surface area contributed by atoms with Crippen molar-refractivity contribution in [1.82, 2.24) is 19.9 Å². The Balaban J connectivity index is 1.30. The summed E-state index contributed by atoms with van der Waals surface area (Å²) in [4.78, 5) is 27.5. The van der Waals surface area contributed by atoms with Gasteiger partial charge in [-0.3, -0.25) is 4.79 Å². The van der Waals surface area contributed by atoms with Gasteiger partial charge in [0.2, 0.25) is 5.95 Å². The third kappa shape index (κ3) is 4.44. The van der Waals surface area contributed by atoms with Gasteiger partial charge in [0.05, 0.1) is 29.9 Å². The number of rotatable bonds is 5. The first-order valence-electron chi connectivity index (χ1n) is 12.0. The molecule has 2 saturated heterocycles. The van der Waals surface area contributed by atoms with Gasteiger partial charge < -0.3 is 39.5 Å². The Hall–Kier alpha value is -3.57. The van der Waals surface area contributed by atoms with Gasteiger partial charge in [0.15, 0.2) is 11.5 Å². The lowest BCUT2D eigenvalue weighted by atomic mass is 10.1. The first kappa shape index (κ1) is 21.9. The minimum atomic E-state index is -0.0893. The van der Waals surface area contributed by atoms with Crippen molar-refractivity contribution in [2.45, 2.75) is 18.9 Å². The van der Waals surface area contributed by atoms with Crippen LogP contribution in [0.2, 0.25) is 0 Å². The fraction of sp³-hybridized carbons (Fsp3) is 0.458. The largest absolute Gasteiger partial charge is 0.485 e. The zero-order valence-corrected chi connectivity index (χ0v) is 19.3. The van der Waals surface area contributed by atoms with Crippen molar-refractivity contribution in [2.75, 3.05) is 63.4 Å². The molecule has 5 heterocycles. The maximum Gasteiger partial charge on any atom is 0.257 e. The zero-order chi connectivity index (χ0) is 23.6. The summed E-state index contributed by atoms with van der Waals surface area (Å²) in [7, 11) is 0. The topological polar surface area (TPSA) is 123 Å². The van der Waals surface area contributed by atoms with Crippen LogP contribution in [0, 0.1) is 0 Å². The molecule has 3 aliphatic rings. The third-order valence-electron chi connectivity index (χ3n) is 6.44. The van der Waals surface area contributed by atoms with Gasteiger partial charge >= 0.3 is 0 Å². The second kappa shape index (κ2) is 9.59. The van der Waals surface area contributed by atoms with Crippen molar-refractivity contribution in [3.63, 3.8) is 0 Å². The Morgan fingerprint density at radius 2 is 1.71 bits per heavy atom. The highest BCUT2D eigenvalue weighted by molar-refractivity contribution is 5.99. The molecular formula is C24H28N6O5. The molecule has 6 rings (SSSR count). The van der Waals surface area contributed by atoms with Crippen molar-refractivity contribution in [1.29, 1.82) is 0 Å². The molecule has 0 aliphatic carbocycles. The van der Waals surface area contributed by atoms with Crippen LogP contribution >= 0.6 is 0 Å². The summed E-state index contributed by atoms with van der Waals surface area (Å²) in [6, 6.07) is 5.84. The molecule has 0 saturated carbocycles. The van der Waals surface area contributed by atoms with Crippen LogP contribution in [0.4, 0.5) is 17.5 Å². The molecule has 0 atom stereocenters. The van der Waals surface area contributed by atoms with Crippen molar-refractivity contribution in [2.24, 2.45) is 0 Å². The fourth-order valence-electron chi connectivity index (χ4n) is 4.60. The Kier molecular flexibility index (Phi) is 6.01. The standard InChI is InChI=1S/C24H28N6O5/c31-23(30-7-11-33-12-8-30)16-1-2-18(20-19(16)34-13-14-35-20)27-24-28-21-17(3-6-25-21)22(29-24)26-15-4-9-32-10-5-15/h1-3,6,15H,4-5,7-14H2,(H3,25,26,27,28,29). The lowest BCUT2D eigenvalue weighted by molar-refractivity contribution is 0.0298.